The van der Waals surface area contributed by atoms with Crippen LogP contribution in [-0.2, 0) is 0 Å². The Balaban J connectivity index is 0.00000121. The van der Waals surface area contributed by atoms with Gasteiger partial charge in [-0.3, -0.25) is 9.78 Å². The lowest BCUT2D eigenvalue weighted by atomic mass is 10.1. The average molecular weight is 345 g/mol. The Morgan fingerprint density at radius 3 is 2.77 bits per heavy atom. The predicted molar refractivity (Wildman–Crippen MR) is 87.6 cm³/mol. The van der Waals surface area contributed by atoms with Gasteiger partial charge >= 0.3 is 0 Å². The van der Waals surface area contributed by atoms with Crippen molar-refractivity contribution in [2.45, 2.75) is 18.9 Å². The molecule has 1 aliphatic rings. The van der Waals surface area contributed by atoms with Gasteiger partial charge < -0.3 is 15.2 Å². The Morgan fingerprint density at radius 1 is 1.32 bits per heavy atom. The smallest absolute Gasteiger partial charge is 0.273 e. The average Bonchev–Trinajstić information content (AvgIpc) is 2.99. The SMILES string of the molecule is Cl.Cl.O=C(NC1CCCNC1)c1cc(-c2ccncc2)on1. The first-order chi connectivity index (χ1) is 9.83. The molecule has 2 N–H and O–H groups in total. The molecule has 0 aliphatic carbocycles. The third kappa shape index (κ3) is 4.43. The van der Waals surface area contributed by atoms with E-state index >= 15 is 0 Å². The normalized spacial score (nSPS) is 17.0. The summed E-state index contributed by atoms with van der Waals surface area (Å²) in [5.41, 5.74) is 1.16. The maximum atomic E-state index is 12.1. The van der Waals surface area contributed by atoms with Crippen molar-refractivity contribution in [1.29, 1.82) is 0 Å². The Bertz CT molecular complexity index is 586. The van der Waals surface area contributed by atoms with Gasteiger partial charge in [-0.15, -0.1) is 24.8 Å². The van der Waals surface area contributed by atoms with Crippen LogP contribution < -0.4 is 10.6 Å². The van der Waals surface area contributed by atoms with Gasteiger partial charge in [0, 0.05) is 36.6 Å². The number of nitrogens with zero attached hydrogens (tertiary/aromatic N) is 2. The first-order valence-electron chi connectivity index (χ1n) is 6.71. The Hall–Kier alpha value is -1.63. The van der Waals surface area contributed by atoms with Crippen molar-refractivity contribution in [2.24, 2.45) is 0 Å². The van der Waals surface area contributed by atoms with Crippen molar-refractivity contribution in [3.8, 4) is 11.3 Å². The zero-order valence-corrected chi connectivity index (χ0v) is 13.5. The molecule has 2 aromatic heterocycles. The maximum Gasteiger partial charge on any atom is 0.273 e. The molecule has 1 fully saturated rings. The lowest BCUT2D eigenvalue weighted by molar-refractivity contribution is 0.0921. The van der Waals surface area contributed by atoms with Crippen LogP contribution in [-0.4, -0.2) is 35.2 Å². The number of hydrogen-bond acceptors (Lipinski definition) is 5. The standard InChI is InChI=1S/C14H16N4O2.2ClH/c19-14(17-11-2-1-5-16-9-11)12-8-13(20-18-12)10-3-6-15-7-4-10;;/h3-4,6-8,11,16H,1-2,5,9H2,(H,17,19);2*1H. The topological polar surface area (TPSA) is 80.0 Å². The number of nitrogens with one attached hydrogen (secondary N) is 2. The maximum absolute atomic E-state index is 12.1. The fraction of sp³-hybridized carbons (Fsp3) is 0.357. The molecule has 0 bridgehead atoms. The number of aromatic nitrogens is 2. The van der Waals surface area contributed by atoms with E-state index in [4.69, 9.17) is 4.52 Å². The van der Waals surface area contributed by atoms with Crippen LogP contribution in [0.25, 0.3) is 11.3 Å². The number of amides is 1. The van der Waals surface area contributed by atoms with Gasteiger partial charge in [-0.05, 0) is 31.5 Å². The molecule has 2 aromatic rings. The van der Waals surface area contributed by atoms with E-state index in [-0.39, 0.29) is 36.8 Å². The van der Waals surface area contributed by atoms with Gasteiger partial charge in [-0.25, -0.2) is 0 Å². The first-order valence-corrected chi connectivity index (χ1v) is 6.71. The van der Waals surface area contributed by atoms with Gasteiger partial charge in [0.2, 0.25) is 0 Å². The van der Waals surface area contributed by atoms with Crippen LogP contribution >= 0.6 is 24.8 Å². The van der Waals surface area contributed by atoms with Gasteiger partial charge in [0.15, 0.2) is 11.5 Å². The Labute approximate surface area is 140 Å². The molecule has 1 aliphatic heterocycles. The van der Waals surface area contributed by atoms with Crippen LogP contribution in [0, 0.1) is 0 Å². The number of rotatable bonds is 3. The largest absolute Gasteiger partial charge is 0.355 e. The number of carbonyl (C=O) groups is 1. The molecule has 3 rings (SSSR count). The molecule has 1 unspecified atom stereocenters. The monoisotopic (exact) mass is 344 g/mol. The number of carbonyl (C=O) groups excluding carboxylic acids is 1. The highest BCUT2D eigenvalue weighted by Gasteiger charge is 2.19. The molecule has 120 valence electrons. The number of pyridine rings is 1. The molecule has 0 spiro atoms. The van der Waals surface area contributed by atoms with Crippen LogP contribution in [0.2, 0.25) is 0 Å². The minimum Gasteiger partial charge on any atom is -0.355 e. The molecule has 8 heteroatoms. The summed E-state index contributed by atoms with van der Waals surface area (Å²) in [5.74, 6) is 0.377. The second-order valence-electron chi connectivity index (χ2n) is 4.83. The molecule has 0 radical (unpaired) electrons. The summed E-state index contributed by atoms with van der Waals surface area (Å²) in [6.45, 7) is 1.82. The van der Waals surface area contributed by atoms with Crippen molar-refractivity contribution >= 4 is 30.7 Å². The highest BCUT2D eigenvalue weighted by Crippen LogP contribution is 2.19. The van der Waals surface area contributed by atoms with Crippen molar-refractivity contribution in [2.75, 3.05) is 13.1 Å². The summed E-state index contributed by atoms with van der Waals surface area (Å²) in [6.07, 6.45) is 5.41. The molecule has 1 saturated heterocycles. The summed E-state index contributed by atoms with van der Waals surface area (Å²) in [5, 5.41) is 10.1. The molecule has 6 nitrogen and oxygen atoms in total. The van der Waals surface area contributed by atoms with E-state index in [1.54, 1.807) is 18.5 Å². The summed E-state index contributed by atoms with van der Waals surface area (Å²) < 4.78 is 5.21. The van der Waals surface area contributed by atoms with E-state index in [0.717, 1.165) is 31.5 Å². The summed E-state index contributed by atoms with van der Waals surface area (Å²) in [7, 11) is 0. The second kappa shape index (κ2) is 8.73. The summed E-state index contributed by atoms with van der Waals surface area (Å²) >= 11 is 0. The van der Waals surface area contributed by atoms with E-state index in [9.17, 15) is 4.79 Å². The molecule has 0 saturated carbocycles. The van der Waals surface area contributed by atoms with Crippen LogP contribution in [0.5, 0.6) is 0 Å². The minimum absolute atomic E-state index is 0. The van der Waals surface area contributed by atoms with E-state index in [1.807, 2.05) is 12.1 Å². The van der Waals surface area contributed by atoms with E-state index in [0.29, 0.717) is 11.5 Å². The molecule has 22 heavy (non-hydrogen) atoms. The lowest BCUT2D eigenvalue weighted by Gasteiger charge is -2.23. The fourth-order valence-electron chi connectivity index (χ4n) is 2.27. The van der Waals surface area contributed by atoms with Crippen LogP contribution in [0.3, 0.4) is 0 Å². The highest BCUT2D eigenvalue weighted by atomic mass is 35.5. The van der Waals surface area contributed by atoms with Crippen molar-refractivity contribution in [3.63, 3.8) is 0 Å². The quantitative estimate of drug-likeness (QED) is 0.890. The highest BCUT2D eigenvalue weighted by molar-refractivity contribution is 5.93. The van der Waals surface area contributed by atoms with Gasteiger partial charge in [0.25, 0.3) is 5.91 Å². The Kier molecular flexibility index (Phi) is 7.31. The fourth-order valence-corrected chi connectivity index (χ4v) is 2.27. The first kappa shape index (κ1) is 18.4. The number of hydrogen-bond donors (Lipinski definition) is 2. The zero-order chi connectivity index (χ0) is 13.8. The van der Waals surface area contributed by atoms with Crippen molar-refractivity contribution in [3.05, 3.63) is 36.3 Å². The molecule has 1 atom stereocenters. The summed E-state index contributed by atoms with van der Waals surface area (Å²) in [6, 6.07) is 5.44. The third-order valence-electron chi connectivity index (χ3n) is 3.34. The molecule has 3 heterocycles. The van der Waals surface area contributed by atoms with E-state index in [2.05, 4.69) is 20.8 Å². The van der Waals surface area contributed by atoms with Gasteiger partial charge in [-0.1, -0.05) is 5.16 Å². The lowest BCUT2D eigenvalue weighted by Crippen LogP contribution is -2.45. The summed E-state index contributed by atoms with van der Waals surface area (Å²) in [4.78, 5) is 16.0. The Morgan fingerprint density at radius 2 is 2.09 bits per heavy atom. The van der Waals surface area contributed by atoms with Gasteiger partial charge in [0.1, 0.15) is 0 Å². The number of piperidine rings is 1. The molecule has 1 amide bonds. The van der Waals surface area contributed by atoms with E-state index < -0.39 is 0 Å². The molecular formula is C14H18Cl2N4O2. The third-order valence-corrected chi connectivity index (χ3v) is 3.34. The molecule has 0 aromatic carbocycles. The van der Waals surface area contributed by atoms with Crippen LogP contribution in [0.4, 0.5) is 0 Å². The van der Waals surface area contributed by atoms with E-state index in [1.165, 1.54) is 0 Å². The van der Waals surface area contributed by atoms with Crippen molar-refractivity contribution in [1.82, 2.24) is 20.8 Å². The van der Waals surface area contributed by atoms with Crippen molar-refractivity contribution < 1.29 is 9.32 Å². The zero-order valence-electron chi connectivity index (χ0n) is 11.8. The predicted octanol–water partition coefficient (Wildman–Crippen LogP) is 2.06. The second-order valence-corrected chi connectivity index (χ2v) is 4.83. The number of halogens is 2. The van der Waals surface area contributed by atoms with Gasteiger partial charge in [-0.2, -0.15) is 0 Å². The molecular weight excluding hydrogens is 327 g/mol. The van der Waals surface area contributed by atoms with Crippen LogP contribution in [0.15, 0.2) is 35.1 Å². The van der Waals surface area contributed by atoms with Gasteiger partial charge in [0.05, 0.1) is 0 Å². The minimum atomic E-state index is -0.192. The van der Waals surface area contributed by atoms with Crippen LogP contribution in [0.1, 0.15) is 23.3 Å².